The van der Waals surface area contributed by atoms with E-state index in [2.05, 4.69) is 102 Å². The van der Waals surface area contributed by atoms with Gasteiger partial charge in [-0.05, 0) is 133 Å². The predicted molar refractivity (Wildman–Crippen MR) is 123 cm³/mol. The third-order valence-electron chi connectivity index (χ3n) is 2.95. The second kappa shape index (κ2) is 8.80. The van der Waals surface area contributed by atoms with Gasteiger partial charge < -0.3 is 15.2 Å². The van der Waals surface area contributed by atoms with Gasteiger partial charge in [-0.3, -0.25) is 4.79 Å². The van der Waals surface area contributed by atoms with Gasteiger partial charge in [0.05, 0.1) is 7.14 Å². The summed E-state index contributed by atoms with van der Waals surface area (Å²) >= 11 is 8.86. The van der Waals surface area contributed by atoms with E-state index >= 15 is 0 Å². The van der Waals surface area contributed by atoms with Crippen molar-refractivity contribution in [2.75, 3.05) is 7.05 Å². The van der Waals surface area contributed by atoms with E-state index in [4.69, 9.17) is 4.74 Å². The van der Waals surface area contributed by atoms with Gasteiger partial charge in [0.15, 0.2) is 5.75 Å². The maximum Gasteiger partial charge on any atom is 0.325 e. The first-order valence-corrected chi connectivity index (χ1v) is 10.7. The first kappa shape index (κ1) is 19.9. The van der Waals surface area contributed by atoms with Crippen LogP contribution < -0.4 is 10.1 Å². The highest BCUT2D eigenvalue weighted by molar-refractivity contribution is 14.1. The lowest BCUT2D eigenvalue weighted by molar-refractivity contribution is -0.139. The summed E-state index contributed by atoms with van der Waals surface area (Å²) in [6.07, 6.45) is 0. The Morgan fingerprint density at radius 2 is 1.57 bits per heavy atom. The summed E-state index contributed by atoms with van der Waals surface area (Å²) in [5, 5.41) is 12.1. The van der Waals surface area contributed by atoms with Gasteiger partial charge >= 0.3 is 5.97 Å². The second-order valence-electron chi connectivity index (χ2n) is 4.58. The van der Waals surface area contributed by atoms with Crippen molar-refractivity contribution in [3.05, 3.63) is 50.2 Å². The van der Waals surface area contributed by atoms with E-state index in [-0.39, 0.29) is 0 Å². The summed E-state index contributed by atoms with van der Waals surface area (Å²) in [5.74, 6) is 0.612. The largest absolute Gasteiger partial charge is 0.480 e. The minimum absolute atomic E-state index is 0.707. The number of carboxylic acid groups (broad SMARTS) is 1. The van der Waals surface area contributed by atoms with E-state index in [0.717, 1.165) is 25.8 Å². The summed E-state index contributed by atoms with van der Waals surface area (Å²) in [4.78, 5) is 11.3. The number of aliphatic carboxylic acids is 1. The van der Waals surface area contributed by atoms with E-state index in [0.29, 0.717) is 5.56 Å². The molecule has 0 aliphatic carbocycles. The maximum atomic E-state index is 11.3. The zero-order chi connectivity index (χ0) is 17.1. The van der Waals surface area contributed by atoms with Gasteiger partial charge in [0.2, 0.25) is 0 Å². The Hall–Kier alpha value is 0.590. The molecule has 0 aromatic heterocycles. The van der Waals surface area contributed by atoms with E-state index in [1.54, 1.807) is 7.05 Å². The van der Waals surface area contributed by atoms with Crippen LogP contribution in [0.1, 0.15) is 11.6 Å². The molecule has 0 spiro atoms. The molecule has 0 radical (unpaired) electrons. The number of benzene rings is 2. The van der Waals surface area contributed by atoms with Gasteiger partial charge in [-0.25, -0.2) is 0 Å². The molecule has 1 atom stereocenters. The number of hydrogen-bond donors (Lipinski definition) is 2. The van der Waals surface area contributed by atoms with Crippen LogP contribution in [-0.4, -0.2) is 18.1 Å². The number of carboxylic acids is 1. The molecule has 0 fully saturated rings. The highest BCUT2D eigenvalue weighted by Crippen LogP contribution is 2.35. The number of hydrogen-bond acceptors (Lipinski definition) is 3. The monoisotopic (exact) mass is 761 g/mol. The molecule has 4 nitrogen and oxygen atoms in total. The quantitative estimate of drug-likeness (QED) is 0.410. The first-order valence-electron chi connectivity index (χ1n) is 6.34. The minimum Gasteiger partial charge on any atom is -0.480 e. The minimum atomic E-state index is -0.903. The van der Waals surface area contributed by atoms with Crippen LogP contribution in [0.3, 0.4) is 0 Å². The van der Waals surface area contributed by atoms with Crippen LogP contribution in [-0.2, 0) is 4.79 Å². The third-order valence-corrected chi connectivity index (χ3v) is 5.79. The first-order chi connectivity index (χ1) is 10.8. The molecule has 122 valence electrons. The summed E-state index contributed by atoms with van der Waals surface area (Å²) in [7, 11) is 1.64. The molecule has 2 N–H and O–H groups in total. The fraction of sp³-hybridized carbons (Fsp3) is 0.133. The van der Waals surface area contributed by atoms with Gasteiger partial charge in [-0.15, -0.1) is 0 Å². The Morgan fingerprint density at radius 3 is 2.00 bits per heavy atom. The molecule has 0 amide bonds. The fourth-order valence-corrected chi connectivity index (χ4v) is 5.90. The molecule has 8 heteroatoms. The summed E-state index contributed by atoms with van der Waals surface area (Å²) in [6, 6.07) is 8.95. The van der Waals surface area contributed by atoms with E-state index in [1.807, 2.05) is 24.3 Å². The van der Waals surface area contributed by atoms with Crippen molar-refractivity contribution in [1.82, 2.24) is 5.32 Å². The van der Waals surface area contributed by atoms with Crippen molar-refractivity contribution in [2.24, 2.45) is 0 Å². The molecule has 0 heterocycles. The Kier molecular flexibility index (Phi) is 7.62. The Bertz CT molecular complexity index is 708. The van der Waals surface area contributed by atoms with E-state index in [1.165, 1.54) is 0 Å². The molecular formula is C15H11I4NO3. The summed E-state index contributed by atoms with van der Waals surface area (Å²) in [6.45, 7) is 0. The Labute approximate surface area is 188 Å². The number of nitrogens with one attached hydrogen (secondary N) is 1. The Morgan fingerprint density at radius 1 is 1.04 bits per heavy atom. The van der Waals surface area contributed by atoms with Crippen molar-refractivity contribution >= 4 is 96.3 Å². The lowest BCUT2D eigenvalue weighted by Gasteiger charge is -2.16. The number of ether oxygens (including phenoxy) is 1. The molecule has 2 rings (SSSR count). The summed E-state index contributed by atoms with van der Waals surface area (Å²) < 4.78 is 10.00. The van der Waals surface area contributed by atoms with Crippen molar-refractivity contribution in [3.63, 3.8) is 0 Å². The number of rotatable bonds is 5. The van der Waals surface area contributed by atoms with Crippen LogP contribution in [0.5, 0.6) is 11.5 Å². The number of likely N-dealkylation sites (N-methyl/N-ethyl adjacent to an activating group) is 1. The molecule has 23 heavy (non-hydrogen) atoms. The van der Waals surface area contributed by atoms with E-state index in [9.17, 15) is 9.90 Å². The average molecular weight is 761 g/mol. The number of carbonyl (C=O) groups is 1. The van der Waals surface area contributed by atoms with Crippen LogP contribution in [0, 0.1) is 14.3 Å². The smallest absolute Gasteiger partial charge is 0.325 e. The van der Waals surface area contributed by atoms with Crippen LogP contribution in [0.2, 0.25) is 0 Å². The lowest BCUT2D eigenvalue weighted by Crippen LogP contribution is -2.25. The van der Waals surface area contributed by atoms with Gasteiger partial charge in [0.1, 0.15) is 11.8 Å². The van der Waals surface area contributed by atoms with Gasteiger partial charge in [-0.1, -0.05) is 0 Å². The van der Waals surface area contributed by atoms with Crippen molar-refractivity contribution in [1.29, 1.82) is 0 Å². The van der Waals surface area contributed by atoms with Crippen molar-refractivity contribution < 1.29 is 14.6 Å². The summed E-state index contributed by atoms with van der Waals surface area (Å²) in [5.41, 5.74) is 0.707. The number of halogens is 4. The standard InChI is InChI=1S/C15H11I4NO3/c1-20-13(15(21)22)7-2-11(18)14(12(19)3-7)23-10-5-8(16)4-9(17)6-10/h2-6,13,20H,1H3,(H,21,22). The molecule has 2 aromatic rings. The average Bonchev–Trinajstić information content (AvgIpc) is 2.42. The molecule has 0 aliphatic heterocycles. The van der Waals surface area contributed by atoms with Crippen LogP contribution in [0.25, 0.3) is 0 Å². The molecular weight excluding hydrogens is 750 g/mol. The fourth-order valence-electron chi connectivity index (χ4n) is 1.98. The molecule has 2 aromatic carbocycles. The third kappa shape index (κ3) is 5.28. The zero-order valence-corrected chi connectivity index (χ0v) is 20.4. The van der Waals surface area contributed by atoms with Gasteiger partial charge in [0.25, 0.3) is 0 Å². The highest BCUT2D eigenvalue weighted by atomic mass is 127. The molecule has 0 saturated carbocycles. The van der Waals surface area contributed by atoms with E-state index < -0.39 is 12.0 Å². The van der Waals surface area contributed by atoms with Gasteiger partial charge in [0, 0.05) is 7.14 Å². The van der Waals surface area contributed by atoms with Crippen LogP contribution in [0.4, 0.5) is 0 Å². The zero-order valence-electron chi connectivity index (χ0n) is 11.7. The maximum absolute atomic E-state index is 11.3. The lowest BCUT2D eigenvalue weighted by atomic mass is 10.1. The molecule has 0 aliphatic rings. The van der Waals surface area contributed by atoms with Crippen LogP contribution in [0.15, 0.2) is 30.3 Å². The van der Waals surface area contributed by atoms with Crippen molar-refractivity contribution in [2.45, 2.75) is 6.04 Å². The predicted octanol–water partition coefficient (Wildman–Crippen LogP) is 5.24. The topological polar surface area (TPSA) is 58.6 Å². The van der Waals surface area contributed by atoms with Gasteiger partial charge in [-0.2, -0.15) is 0 Å². The SMILES string of the molecule is CNC(C(=O)O)c1cc(I)c(Oc2cc(I)cc(I)c2)c(I)c1. The molecule has 1 unspecified atom stereocenters. The highest BCUT2D eigenvalue weighted by Gasteiger charge is 2.20. The normalized spacial score (nSPS) is 12.0. The molecule has 0 bridgehead atoms. The Balaban J connectivity index is 2.39. The molecule has 0 saturated heterocycles. The second-order valence-corrected chi connectivity index (χ2v) is 9.40. The van der Waals surface area contributed by atoms with Crippen LogP contribution >= 0.6 is 90.4 Å². The van der Waals surface area contributed by atoms with Crippen molar-refractivity contribution in [3.8, 4) is 11.5 Å².